The Bertz CT molecular complexity index is 974. The van der Waals surface area contributed by atoms with Gasteiger partial charge in [-0.25, -0.2) is 4.39 Å². The van der Waals surface area contributed by atoms with Crippen LogP contribution in [0.25, 0.3) is 0 Å². The van der Waals surface area contributed by atoms with Crippen molar-refractivity contribution in [1.82, 2.24) is 9.80 Å². The molecule has 4 rings (SSSR count). The fraction of sp³-hybridized carbons (Fsp3) is 0.667. The average Bonchev–Trinajstić information content (AvgIpc) is 2.84. The molecule has 1 amide bonds. The molecule has 1 spiro atoms. The van der Waals surface area contributed by atoms with E-state index in [4.69, 9.17) is 4.74 Å². The third-order valence-electron chi connectivity index (χ3n) is 8.20. The molecule has 0 aromatic heterocycles. The number of nitrogens with zero attached hydrogens (tertiary/aromatic N) is 4. The number of carbonyl (C=O) groups is 1. The van der Waals surface area contributed by atoms with Gasteiger partial charge in [-0.05, 0) is 51.0 Å². The van der Waals surface area contributed by atoms with E-state index < -0.39 is 5.82 Å². The van der Waals surface area contributed by atoms with Crippen LogP contribution in [0.3, 0.4) is 0 Å². The van der Waals surface area contributed by atoms with E-state index in [0.29, 0.717) is 29.9 Å². The minimum Gasteiger partial charge on any atom is -0.480 e. The minimum atomic E-state index is -0.397. The zero-order valence-electron chi connectivity index (χ0n) is 23.2. The average molecular weight is 513 g/mol. The molecule has 1 aromatic rings. The predicted molar refractivity (Wildman–Crippen MR) is 149 cm³/mol. The Kier molecular flexibility index (Phi) is 8.94. The Morgan fingerprint density at radius 2 is 1.95 bits per heavy atom. The Hall–Kier alpha value is -2.41. The van der Waals surface area contributed by atoms with Crippen molar-refractivity contribution in [3.05, 3.63) is 36.3 Å². The molecule has 1 aromatic carbocycles. The molecule has 7 heteroatoms. The number of halogens is 1. The predicted octanol–water partition coefficient (Wildman–Crippen LogP) is 5.38. The number of hydrogen-bond donors (Lipinski definition) is 0. The standard InChI is InChI=1S/C30H45FN4O2/c1-6-32-16-28(37-27-14-13-25(31)15-26(27)35(7-2)29(36)22(3)4)23(5)34-20-30(21-34)18-33(19-30)17-24-11-9-8-10-12-24/h6,13-15,22,24,28H,5,7-12,16-21H2,1-4H3. The van der Waals surface area contributed by atoms with Crippen molar-refractivity contribution in [2.45, 2.75) is 65.9 Å². The molecular weight excluding hydrogens is 467 g/mol. The molecule has 0 N–H and O–H groups in total. The van der Waals surface area contributed by atoms with Gasteiger partial charge in [-0.15, -0.1) is 0 Å². The van der Waals surface area contributed by atoms with Crippen LogP contribution in [0.15, 0.2) is 35.5 Å². The molecule has 3 aliphatic rings. The molecular formula is C30H45FN4O2. The smallest absolute Gasteiger partial charge is 0.229 e. The molecule has 0 radical (unpaired) electrons. The maximum atomic E-state index is 14.3. The van der Waals surface area contributed by atoms with Crippen LogP contribution in [0.2, 0.25) is 0 Å². The van der Waals surface area contributed by atoms with Crippen molar-refractivity contribution in [1.29, 1.82) is 0 Å². The second-order valence-electron chi connectivity index (χ2n) is 11.6. The molecule has 2 saturated heterocycles. The van der Waals surface area contributed by atoms with Gasteiger partial charge in [0, 0.05) is 62.4 Å². The molecule has 204 valence electrons. The van der Waals surface area contributed by atoms with Crippen LogP contribution >= 0.6 is 0 Å². The number of carbonyl (C=O) groups excluding carboxylic acids is 1. The van der Waals surface area contributed by atoms with Gasteiger partial charge in [0.25, 0.3) is 0 Å². The van der Waals surface area contributed by atoms with E-state index in [2.05, 4.69) is 21.4 Å². The lowest BCUT2D eigenvalue weighted by atomic mass is 9.71. The van der Waals surface area contributed by atoms with Gasteiger partial charge in [0.2, 0.25) is 5.91 Å². The number of benzene rings is 1. The van der Waals surface area contributed by atoms with Crippen LogP contribution in [-0.2, 0) is 4.79 Å². The molecule has 1 atom stereocenters. The van der Waals surface area contributed by atoms with Gasteiger partial charge in [-0.3, -0.25) is 9.79 Å². The molecule has 1 aliphatic carbocycles. The van der Waals surface area contributed by atoms with E-state index in [1.54, 1.807) is 17.2 Å². The Morgan fingerprint density at radius 3 is 2.57 bits per heavy atom. The fourth-order valence-electron chi connectivity index (χ4n) is 6.26. The van der Waals surface area contributed by atoms with Crippen molar-refractivity contribution in [2.24, 2.45) is 22.2 Å². The third-order valence-corrected chi connectivity index (χ3v) is 8.20. The van der Waals surface area contributed by atoms with Crippen LogP contribution in [0, 0.1) is 23.1 Å². The maximum absolute atomic E-state index is 14.3. The van der Waals surface area contributed by atoms with Crippen LogP contribution in [0.4, 0.5) is 10.1 Å². The molecule has 1 unspecified atom stereocenters. The normalized spacial score (nSPS) is 20.6. The van der Waals surface area contributed by atoms with E-state index in [-0.39, 0.29) is 17.9 Å². The van der Waals surface area contributed by atoms with Gasteiger partial charge in [0.1, 0.15) is 11.6 Å². The van der Waals surface area contributed by atoms with Crippen LogP contribution in [0.5, 0.6) is 5.75 Å². The lowest BCUT2D eigenvalue weighted by Crippen LogP contribution is -2.72. The fourth-order valence-corrected chi connectivity index (χ4v) is 6.26. The number of rotatable bonds is 11. The van der Waals surface area contributed by atoms with Crippen molar-refractivity contribution in [3.8, 4) is 5.75 Å². The lowest BCUT2D eigenvalue weighted by Gasteiger charge is -2.62. The van der Waals surface area contributed by atoms with Gasteiger partial charge in [0.15, 0.2) is 6.10 Å². The summed E-state index contributed by atoms with van der Waals surface area (Å²) in [4.78, 5) is 23.9. The monoisotopic (exact) mass is 512 g/mol. The summed E-state index contributed by atoms with van der Waals surface area (Å²) in [5, 5.41) is 0. The first-order chi connectivity index (χ1) is 17.7. The van der Waals surface area contributed by atoms with Crippen molar-refractivity contribution in [2.75, 3.05) is 50.7 Å². The highest BCUT2D eigenvalue weighted by atomic mass is 19.1. The quantitative estimate of drug-likeness (QED) is 0.373. The Labute approximate surface area is 222 Å². The van der Waals surface area contributed by atoms with E-state index in [0.717, 1.165) is 24.7 Å². The van der Waals surface area contributed by atoms with Crippen LogP contribution < -0.4 is 9.64 Å². The van der Waals surface area contributed by atoms with Gasteiger partial charge < -0.3 is 19.4 Å². The van der Waals surface area contributed by atoms with Gasteiger partial charge in [-0.2, -0.15) is 0 Å². The van der Waals surface area contributed by atoms with E-state index >= 15 is 0 Å². The highest BCUT2D eigenvalue weighted by Gasteiger charge is 2.52. The SMILES string of the molecule is C=C(C(CN=CC)Oc1ccc(F)cc1N(CC)C(=O)C(C)C)N1CC2(CN(CC3CCCCC3)C2)C1. The number of hydrogen-bond acceptors (Lipinski definition) is 5. The third kappa shape index (κ3) is 6.36. The van der Waals surface area contributed by atoms with Crippen molar-refractivity contribution in [3.63, 3.8) is 0 Å². The second-order valence-corrected chi connectivity index (χ2v) is 11.6. The maximum Gasteiger partial charge on any atom is 0.229 e. The second kappa shape index (κ2) is 12.0. The van der Waals surface area contributed by atoms with E-state index in [9.17, 15) is 9.18 Å². The van der Waals surface area contributed by atoms with E-state index in [1.807, 2.05) is 27.7 Å². The first kappa shape index (κ1) is 27.6. The minimum absolute atomic E-state index is 0.0626. The molecule has 0 bridgehead atoms. The summed E-state index contributed by atoms with van der Waals surface area (Å²) in [6.45, 7) is 18.3. The number of aliphatic imine (C=N–C) groups is 1. The summed E-state index contributed by atoms with van der Waals surface area (Å²) in [6, 6.07) is 4.38. The molecule has 3 fully saturated rings. The summed E-state index contributed by atoms with van der Waals surface area (Å²) >= 11 is 0. The summed E-state index contributed by atoms with van der Waals surface area (Å²) in [5.74, 6) is 0.701. The summed E-state index contributed by atoms with van der Waals surface area (Å²) < 4.78 is 20.7. The zero-order chi connectivity index (χ0) is 26.6. The summed E-state index contributed by atoms with van der Waals surface area (Å²) in [7, 11) is 0. The van der Waals surface area contributed by atoms with Crippen LogP contribution in [-0.4, -0.2) is 73.8 Å². The molecule has 2 aliphatic heterocycles. The number of anilines is 1. The van der Waals surface area contributed by atoms with Crippen molar-refractivity contribution < 1.29 is 13.9 Å². The van der Waals surface area contributed by atoms with Gasteiger partial charge in [0.05, 0.1) is 12.2 Å². The number of ether oxygens (including phenoxy) is 1. The largest absolute Gasteiger partial charge is 0.480 e. The highest BCUT2D eigenvalue weighted by Crippen LogP contribution is 2.43. The zero-order valence-corrected chi connectivity index (χ0v) is 23.2. The number of amides is 1. The van der Waals surface area contributed by atoms with Crippen molar-refractivity contribution >= 4 is 17.8 Å². The van der Waals surface area contributed by atoms with Crippen LogP contribution in [0.1, 0.15) is 59.8 Å². The topological polar surface area (TPSA) is 48.4 Å². The molecule has 2 heterocycles. The first-order valence-electron chi connectivity index (χ1n) is 14.1. The summed E-state index contributed by atoms with van der Waals surface area (Å²) in [5.41, 5.74) is 1.73. The lowest BCUT2D eigenvalue weighted by molar-refractivity contribution is -0.121. The number of likely N-dealkylation sites (tertiary alicyclic amines) is 2. The summed E-state index contributed by atoms with van der Waals surface area (Å²) in [6.07, 6.45) is 8.38. The molecule has 6 nitrogen and oxygen atoms in total. The first-order valence-corrected chi connectivity index (χ1v) is 14.1. The van der Waals surface area contributed by atoms with Gasteiger partial charge >= 0.3 is 0 Å². The van der Waals surface area contributed by atoms with Gasteiger partial charge in [-0.1, -0.05) is 39.7 Å². The highest BCUT2D eigenvalue weighted by molar-refractivity contribution is 5.96. The Morgan fingerprint density at radius 1 is 1.24 bits per heavy atom. The Balaban J connectivity index is 1.40. The molecule has 37 heavy (non-hydrogen) atoms. The van der Waals surface area contributed by atoms with E-state index in [1.165, 1.54) is 63.9 Å². The molecule has 1 saturated carbocycles.